The van der Waals surface area contributed by atoms with Crippen LogP contribution in [-0.2, 0) is 4.84 Å². The number of nitrogens with zero attached hydrogens (tertiary/aromatic N) is 1. The maximum atomic E-state index is 12.5. The topological polar surface area (TPSA) is 51.2 Å². The van der Waals surface area contributed by atoms with Gasteiger partial charge in [-0.2, -0.15) is 0 Å². The Labute approximate surface area is 87.4 Å². The second-order valence-corrected chi connectivity index (χ2v) is 4.01. The van der Waals surface area contributed by atoms with E-state index in [0.29, 0.717) is 0 Å². The van der Waals surface area contributed by atoms with E-state index in [4.69, 9.17) is 4.84 Å². The van der Waals surface area contributed by atoms with Gasteiger partial charge >= 0.3 is 0 Å². The van der Waals surface area contributed by atoms with Crippen molar-refractivity contribution in [2.24, 2.45) is 0 Å². The molecule has 1 amide bonds. The monoisotopic (exact) mass is 212 g/mol. The minimum atomic E-state index is -0.495. The lowest BCUT2D eigenvalue weighted by Gasteiger charge is -2.18. The molecule has 5 heteroatoms. The third-order valence-corrected chi connectivity index (χ3v) is 1.41. The van der Waals surface area contributed by atoms with Crippen molar-refractivity contribution in [1.29, 1.82) is 0 Å². The number of nitrogens with one attached hydrogen (secondary N) is 1. The number of carbonyl (C=O) groups excluding carboxylic acids is 1. The van der Waals surface area contributed by atoms with Gasteiger partial charge in [-0.15, -0.1) is 0 Å². The Balaban J connectivity index is 2.58. The first-order valence-electron chi connectivity index (χ1n) is 4.48. The molecule has 0 aliphatic rings. The number of pyridine rings is 1. The van der Waals surface area contributed by atoms with Gasteiger partial charge in [-0.3, -0.25) is 9.63 Å². The third kappa shape index (κ3) is 4.03. The number of hydrogen-bond acceptors (Lipinski definition) is 3. The number of hydroxylamine groups is 1. The Morgan fingerprint density at radius 3 is 2.60 bits per heavy atom. The second kappa shape index (κ2) is 4.35. The Hall–Kier alpha value is -1.49. The van der Waals surface area contributed by atoms with Gasteiger partial charge in [0.2, 0.25) is 0 Å². The average molecular weight is 212 g/mol. The van der Waals surface area contributed by atoms with E-state index in [1.807, 2.05) is 0 Å². The molecule has 0 aliphatic carbocycles. The van der Waals surface area contributed by atoms with Crippen LogP contribution >= 0.6 is 0 Å². The summed E-state index contributed by atoms with van der Waals surface area (Å²) in [6, 6.07) is 2.45. The van der Waals surface area contributed by atoms with E-state index in [1.165, 1.54) is 12.1 Å². The molecule has 1 aromatic rings. The van der Waals surface area contributed by atoms with Crippen LogP contribution in [0.15, 0.2) is 18.3 Å². The summed E-state index contributed by atoms with van der Waals surface area (Å²) in [5, 5.41) is 0. The highest BCUT2D eigenvalue weighted by Crippen LogP contribution is 2.04. The summed E-state index contributed by atoms with van der Waals surface area (Å²) in [7, 11) is 0. The van der Waals surface area contributed by atoms with Crippen LogP contribution in [0.5, 0.6) is 0 Å². The first-order chi connectivity index (χ1) is 6.88. The van der Waals surface area contributed by atoms with Crippen LogP contribution < -0.4 is 5.48 Å². The van der Waals surface area contributed by atoms with Crippen molar-refractivity contribution in [3.8, 4) is 0 Å². The molecule has 0 bridgehead atoms. The Kier molecular flexibility index (Phi) is 3.36. The highest BCUT2D eigenvalue weighted by molar-refractivity contribution is 5.91. The van der Waals surface area contributed by atoms with Crippen LogP contribution in [-0.4, -0.2) is 16.5 Å². The van der Waals surface area contributed by atoms with Crippen molar-refractivity contribution in [3.63, 3.8) is 0 Å². The summed E-state index contributed by atoms with van der Waals surface area (Å²) < 4.78 is 12.5. The maximum Gasteiger partial charge on any atom is 0.293 e. The second-order valence-electron chi connectivity index (χ2n) is 4.01. The van der Waals surface area contributed by atoms with Gasteiger partial charge in [0.05, 0.1) is 11.8 Å². The van der Waals surface area contributed by atoms with Crippen LogP contribution in [0.3, 0.4) is 0 Å². The predicted molar refractivity (Wildman–Crippen MR) is 52.5 cm³/mol. The van der Waals surface area contributed by atoms with E-state index in [0.717, 1.165) is 6.20 Å². The lowest BCUT2D eigenvalue weighted by atomic mass is 10.2. The largest absolute Gasteiger partial charge is 0.293 e. The molecule has 0 atom stereocenters. The van der Waals surface area contributed by atoms with Gasteiger partial charge in [0.1, 0.15) is 11.5 Å². The minimum Gasteiger partial charge on any atom is -0.268 e. The lowest BCUT2D eigenvalue weighted by molar-refractivity contribution is -0.0591. The summed E-state index contributed by atoms with van der Waals surface area (Å²) in [6.45, 7) is 5.39. The van der Waals surface area contributed by atoms with Crippen LogP contribution in [0.2, 0.25) is 0 Å². The zero-order valence-electron chi connectivity index (χ0n) is 8.87. The summed E-state index contributed by atoms with van der Waals surface area (Å²) in [4.78, 5) is 20.0. The van der Waals surface area contributed by atoms with Gasteiger partial charge in [-0.1, -0.05) is 0 Å². The molecule has 0 fully saturated rings. The normalized spacial score (nSPS) is 11.2. The molecule has 82 valence electrons. The van der Waals surface area contributed by atoms with Crippen molar-refractivity contribution >= 4 is 5.91 Å². The zero-order valence-corrected chi connectivity index (χ0v) is 8.87. The average Bonchev–Trinajstić information content (AvgIpc) is 2.14. The Morgan fingerprint density at radius 1 is 1.47 bits per heavy atom. The fraction of sp³-hybridized carbons (Fsp3) is 0.400. The summed E-state index contributed by atoms with van der Waals surface area (Å²) in [6.07, 6.45) is 0.978. The smallest absolute Gasteiger partial charge is 0.268 e. The standard InChI is InChI=1S/C10H13FN2O2/c1-10(2,3)15-13-9(14)8-5-4-7(11)6-12-8/h4-6H,1-3H3,(H,13,14). The van der Waals surface area contributed by atoms with E-state index < -0.39 is 17.3 Å². The molecule has 1 aromatic heterocycles. The third-order valence-electron chi connectivity index (χ3n) is 1.41. The fourth-order valence-electron chi connectivity index (χ4n) is 0.762. The van der Waals surface area contributed by atoms with E-state index in [-0.39, 0.29) is 5.69 Å². The number of amides is 1. The van der Waals surface area contributed by atoms with Gasteiger partial charge in [0.25, 0.3) is 5.91 Å². The van der Waals surface area contributed by atoms with Crippen molar-refractivity contribution in [3.05, 3.63) is 29.8 Å². The predicted octanol–water partition coefficient (Wildman–Crippen LogP) is 1.68. The molecule has 15 heavy (non-hydrogen) atoms. The number of carbonyl (C=O) groups is 1. The van der Waals surface area contributed by atoms with E-state index in [2.05, 4.69) is 10.5 Å². The first kappa shape index (κ1) is 11.6. The minimum absolute atomic E-state index is 0.112. The molecule has 0 spiro atoms. The van der Waals surface area contributed by atoms with Gasteiger partial charge in [0.15, 0.2) is 0 Å². The highest BCUT2D eigenvalue weighted by Gasteiger charge is 2.14. The molecule has 4 nitrogen and oxygen atoms in total. The molecule has 0 radical (unpaired) electrons. The number of halogens is 1. The van der Waals surface area contributed by atoms with Gasteiger partial charge in [-0.05, 0) is 32.9 Å². The molecular formula is C10H13FN2O2. The zero-order chi connectivity index (χ0) is 11.5. The molecule has 0 saturated heterocycles. The first-order valence-corrected chi connectivity index (χ1v) is 4.48. The van der Waals surface area contributed by atoms with Crippen LogP contribution in [0.4, 0.5) is 4.39 Å². The Bertz CT molecular complexity index is 343. The fourth-order valence-corrected chi connectivity index (χ4v) is 0.762. The molecule has 0 saturated carbocycles. The highest BCUT2D eigenvalue weighted by atomic mass is 19.1. The van der Waals surface area contributed by atoms with Crippen molar-refractivity contribution in [2.75, 3.05) is 0 Å². The molecule has 0 aliphatic heterocycles. The quantitative estimate of drug-likeness (QED) is 0.759. The maximum absolute atomic E-state index is 12.5. The van der Waals surface area contributed by atoms with E-state index in [1.54, 1.807) is 20.8 Å². The SMILES string of the molecule is CC(C)(C)ONC(=O)c1ccc(F)cn1. The van der Waals surface area contributed by atoms with Crippen LogP contribution in [0.1, 0.15) is 31.3 Å². The lowest BCUT2D eigenvalue weighted by Crippen LogP contribution is -2.33. The number of rotatable bonds is 2. The molecule has 1 rings (SSSR count). The molecule has 0 unspecified atom stereocenters. The van der Waals surface area contributed by atoms with Crippen LogP contribution in [0.25, 0.3) is 0 Å². The van der Waals surface area contributed by atoms with Crippen LogP contribution in [0, 0.1) is 5.82 Å². The van der Waals surface area contributed by atoms with E-state index >= 15 is 0 Å². The number of aromatic nitrogens is 1. The molecule has 1 N–H and O–H groups in total. The van der Waals surface area contributed by atoms with Crippen molar-refractivity contribution in [2.45, 2.75) is 26.4 Å². The van der Waals surface area contributed by atoms with Crippen molar-refractivity contribution in [1.82, 2.24) is 10.5 Å². The van der Waals surface area contributed by atoms with Gasteiger partial charge in [0, 0.05) is 0 Å². The molecular weight excluding hydrogens is 199 g/mol. The summed E-state index contributed by atoms with van der Waals surface area (Å²) in [5.41, 5.74) is 1.87. The van der Waals surface area contributed by atoms with E-state index in [9.17, 15) is 9.18 Å². The molecule has 0 aromatic carbocycles. The van der Waals surface area contributed by atoms with Gasteiger partial charge in [-0.25, -0.2) is 14.9 Å². The summed E-state index contributed by atoms with van der Waals surface area (Å²) in [5.74, 6) is -0.979. The van der Waals surface area contributed by atoms with Gasteiger partial charge < -0.3 is 0 Å². The van der Waals surface area contributed by atoms with Crippen molar-refractivity contribution < 1.29 is 14.0 Å². The molecule has 1 heterocycles. The number of hydrogen-bond donors (Lipinski definition) is 1. The Morgan fingerprint density at radius 2 is 2.13 bits per heavy atom. The summed E-state index contributed by atoms with van der Waals surface area (Å²) >= 11 is 0.